The number of benzene rings is 2. The first-order valence-electron chi connectivity index (χ1n) is 6.38. The maximum Gasteiger partial charge on any atom is 0.337 e. The van der Waals surface area contributed by atoms with Gasteiger partial charge in [-0.25, -0.2) is 4.79 Å². The molecule has 6 heteroatoms. The molecule has 0 aliphatic carbocycles. The van der Waals surface area contributed by atoms with Gasteiger partial charge in [-0.1, -0.05) is 0 Å². The molecule has 114 valence electrons. The van der Waals surface area contributed by atoms with Crippen LogP contribution in [0.3, 0.4) is 0 Å². The molecule has 0 saturated heterocycles. The second kappa shape index (κ2) is 7.09. The highest BCUT2D eigenvalue weighted by molar-refractivity contribution is 9.10. The summed E-state index contributed by atoms with van der Waals surface area (Å²) >= 11 is 3.34. The molecule has 0 spiro atoms. The summed E-state index contributed by atoms with van der Waals surface area (Å²) in [6.45, 7) is 0. The lowest BCUT2D eigenvalue weighted by Crippen LogP contribution is -2.13. The van der Waals surface area contributed by atoms with E-state index >= 15 is 0 Å². The Hall–Kier alpha value is -2.34. The van der Waals surface area contributed by atoms with E-state index in [0.29, 0.717) is 27.0 Å². The Morgan fingerprint density at radius 3 is 2.32 bits per heavy atom. The van der Waals surface area contributed by atoms with Gasteiger partial charge in [0.2, 0.25) is 0 Å². The third-order valence-electron chi connectivity index (χ3n) is 2.98. The molecule has 0 bridgehead atoms. The molecule has 0 aromatic heterocycles. The van der Waals surface area contributed by atoms with Gasteiger partial charge in [0, 0.05) is 10.2 Å². The van der Waals surface area contributed by atoms with Crippen LogP contribution >= 0.6 is 15.9 Å². The molecule has 1 amide bonds. The molecule has 0 aliphatic rings. The van der Waals surface area contributed by atoms with Crippen molar-refractivity contribution in [2.24, 2.45) is 0 Å². The van der Waals surface area contributed by atoms with Crippen LogP contribution in [-0.2, 0) is 4.74 Å². The van der Waals surface area contributed by atoms with Crippen molar-refractivity contribution in [3.8, 4) is 5.75 Å². The molecule has 0 atom stereocenters. The quantitative estimate of drug-likeness (QED) is 0.844. The number of esters is 1. The lowest BCUT2D eigenvalue weighted by Gasteiger charge is -2.09. The number of methoxy groups -OCH3 is 2. The smallest absolute Gasteiger partial charge is 0.337 e. The number of rotatable bonds is 4. The number of hydrogen-bond donors (Lipinski definition) is 1. The normalized spacial score (nSPS) is 9.95. The summed E-state index contributed by atoms with van der Waals surface area (Å²) in [6, 6.07) is 11.6. The predicted molar refractivity (Wildman–Crippen MR) is 86.4 cm³/mol. The highest BCUT2D eigenvalue weighted by Crippen LogP contribution is 2.23. The molecule has 1 N–H and O–H groups in total. The monoisotopic (exact) mass is 363 g/mol. The van der Waals surface area contributed by atoms with Crippen LogP contribution < -0.4 is 10.1 Å². The first-order valence-corrected chi connectivity index (χ1v) is 7.17. The van der Waals surface area contributed by atoms with E-state index in [9.17, 15) is 9.59 Å². The molecule has 0 saturated carbocycles. The van der Waals surface area contributed by atoms with Crippen molar-refractivity contribution in [2.75, 3.05) is 19.5 Å². The summed E-state index contributed by atoms with van der Waals surface area (Å²) in [5.41, 5.74) is 1.45. The Labute approximate surface area is 136 Å². The molecule has 2 aromatic rings. The second-order valence-corrected chi connectivity index (χ2v) is 5.22. The van der Waals surface area contributed by atoms with Gasteiger partial charge in [-0.2, -0.15) is 0 Å². The van der Waals surface area contributed by atoms with E-state index in [1.54, 1.807) is 42.5 Å². The van der Waals surface area contributed by atoms with Crippen LogP contribution in [0.5, 0.6) is 5.75 Å². The molecule has 0 unspecified atom stereocenters. The Bertz CT molecular complexity index is 698. The highest BCUT2D eigenvalue weighted by atomic mass is 79.9. The van der Waals surface area contributed by atoms with E-state index in [1.165, 1.54) is 14.2 Å². The Morgan fingerprint density at radius 1 is 1.05 bits per heavy atom. The summed E-state index contributed by atoms with van der Waals surface area (Å²) in [5.74, 6) is -0.112. The largest absolute Gasteiger partial charge is 0.497 e. The minimum absolute atomic E-state index is 0.281. The lowest BCUT2D eigenvalue weighted by atomic mass is 10.1. The van der Waals surface area contributed by atoms with Crippen molar-refractivity contribution in [2.45, 2.75) is 0 Å². The first-order chi connectivity index (χ1) is 10.5. The van der Waals surface area contributed by atoms with Crippen molar-refractivity contribution in [3.63, 3.8) is 0 Å². The Morgan fingerprint density at radius 2 is 1.73 bits per heavy atom. The van der Waals surface area contributed by atoms with Gasteiger partial charge in [-0.05, 0) is 58.4 Å². The summed E-state index contributed by atoms with van der Waals surface area (Å²) < 4.78 is 10.4. The van der Waals surface area contributed by atoms with Crippen molar-refractivity contribution in [1.82, 2.24) is 0 Å². The zero-order valence-electron chi connectivity index (χ0n) is 12.1. The van der Waals surface area contributed by atoms with Gasteiger partial charge < -0.3 is 14.8 Å². The maximum atomic E-state index is 12.3. The number of carbonyl (C=O) groups is 2. The van der Waals surface area contributed by atoms with Crippen LogP contribution in [0.15, 0.2) is 46.9 Å². The van der Waals surface area contributed by atoms with E-state index in [-0.39, 0.29) is 5.91 Å². The van der Waals surface area contributed by atoms with Crippen LogP contribution in [0.1, 0.15) is 20.7 Å². The zero-order valence-corrected chi connectivity index (χ0v) is 13.6. The topological polar surface area (TPSA) is 64.6 Å². The molecule has 5 nitrogen and oxygen atoms in total. The average Bonchev–Trinajstić information content (AvgIpc) is 2.55. The van der Waals surface area contributed by atoms with Gasteiger partial charge >= 0.3 is 5.97 Å². The minimum Gasteiger partial charge on any atom is -0.497 e. The van der Waals surface area contributed by atoms with Crippen molar-refractivity contribution < 1.29 is 19.1 Å². The van der Waals surface area contributed by atoms with Gasteiger partial charge in [0.25, 0.3) is 5.91 Å². The number of anilines is 1. The number of amides is 1. The van der Waals surface area contributed by atoms with Gasteiger partial charge in [0.15, 0.2) is 0 Å². The summed E-state index contributed by atoms with van der Waals surface area (Å²) in [4.78, 5) is 23.6. The molecular weight excluding hydrogens is 350 g/mol. The average molecular weight is 364 g/mol. The van der Waals surface area contributed by atoms with Gasteiger partial charge in [0.1, 0.15) is 5.75 Å². The maximum absolute atomic E-state index is 12.3. The molecule has 2 rings (SSSR count). The minimum atomic E-state index is -0.423. The zero-order chi connectivity index (χ0) is 16.1. The summed E-state index contributed by atoms with van der Waals surface area (Å²) in [6.07, 6.45) is 0. The van der Waals surface area contributed by atoms with Gasteiger partial charge in [-0.3, -0.25) is 4.79 Å². The number of carbonyl (C=O) groups excluding carboxylic acids is 2. The fourth-order valence-corrected chi connectivity index (χ4v) is 2.24. The van der Waals surface area contributed by atoms with Crippen molar-refractivity contribution in [3.05, 3.63) is 58.1 Å². The fraction of sp³-hybridized carbons (Fsp3) is 0.125. The molecule has 0 radical (unpaired) electrons. The molecule has 0 heterocycles. The standard InChI is InChI=1S/C16H14BrNO4/c1-21-12-7-8-14(17)13(9-12)15(19)18-11-5-3-10(4-6-11)16(20)22-2/h3-9H,1-2H3,(H,18,19). The van der Waals surface area contributed by atoms with E-state index in [0.717, 1.165) is 0 Å². The van der Waals surface area contributed by atoms with E-state index in [1.807, 2.05) is 0 Å². The summed E-state index contributed by atoms with van der Waals surface area (Å²) in [7, 11) is 2.86. The summed E-state index contributed by atoms with van der Waals surface area (Å²) in [5, 5.41) is 2.76. The number of halogens is 1. The second-order valence-electron chi connectivity index (χ2n) is 4.37. The van der Waals surface area contributed by atoms with E-state index < -0.39 is 5.97 Å². The molecule has 22 heavy (non-hydrogen) atoms. The molecular formula is C16H14BrNO4. The predicted octanol–water partition coefficient (Wildman–Crippen LogP) is 3.50. The number of hydrogen-bond acceptors (Lipinski definition) is 4. The molecule has 0 aliphatic heterocycles. The van der Waals surface area contributed by atoms with Crippen LogP contribution in [0.4, 0.5) is 5.69 Å². The third-order valence-corrected chi connectivity index (χ3v) is 3.67. The lowest BCUT2D eigenvalue weighted by molar-refractivity contribution is 0.0600. The molecule has 0 fully saturated rings. The van der Waals surface area contributed by atoms with E-state index in [4.69, 9.17) is 4.74 Å². The van der Waals surface area contributed by atoms with Crippen LogP contribution in [0.25, 0.3) is 0 Å². The van der Waals surface area contributed by atoms with Crippen LogP contribution in [-0.4, -0.2) is 26.1 Å². The van der Waals surface area contributed by atoms with Gasteiger partial charge in [-0.15, -0.1) is 0 Å². The van der Waals surface area contributed by atoms with Crippen LogP contribution in [0, 0.1) is 0 Å². The first kappa shape index (κ1) is 16.0. The van der Waals surface area contributed by atoms with Crippen molar-refractivity contribution in [1.29, 1.82) is 0 Å². The Kier molecular flexibility index (Phi) is 5.16. The number of nitrogens with one attached hydrogen (secondary N) is 1. The number of ether oxygens (including phenoxy) is 2. The van der Waals surface area contributed by atoms with E-state index in [2.05, 4.69) is 26.0 Å². The van der Waals surface area contributed by atoms with Crippen LogP contribution in [0.2, 0.25) is 0 Å². The molecule has 2 aromatic carbocycles. The highest BCUT2D eigenvalue weighted by Gasteiger charge is 2.12. The SMILES string of the molecule is COC(=O)c1ccc(NC(=O)c2cc(OC)ccc2Br)cc1. The fourth-order valence-electron chi connectivity index (χ4n) is 1.81. The Balaban J connectivity index is 2.17. The third kappa shape index (κ3) is 3.65. The van der Waals surface area contributed by atoms with Crippen molar-refractivity contribution >= 4 is 33.5 Å². The van der Waals surface area contributed by atoms with Gasteiger partial charge in [0.05, 0.1) is 25.3 Å².